The molecule has 0 atom stereocenters. The fourth-order valence-electron chi connectivity index (χ4n) is 8.30. The maximum Gasteiger partial charge on any atom is 0.0541 e. The van der Waals surface area contributed by atoms with Crippen molar-refractivity contribution in [2.45, 2.75) is 11.8 Å². The monoisotopic (exact) mass is 571 g/mol. The van der Waals surface area contributed by atoms with Crippen molar-refractivity contribution in [1.29, 1.82) is 0 Å². The summed E-state index contributed by atoms with van der Waals surface area (Å²) in [7, 11) is 0. The quantitative estimate of drug-likeness (QED) is 0.199. The molecule has 2 aliphatic rings. The smallest absolute Gasteiger partial charge is 0.0541 e. The fourth-order valence-corrected chi connectivity index (χ4v) is 8.30. The molecule has 1 heteroatoms. The van der Waals surface area contributed by atoms with E-state index in [0.717, 1.165) is 0 Å². The van der Waals surface area contributed by atoms with Crippen LogP contribution < -0.4 is 0 Å². The molecule has 0 bridgehead atoms. The van der Waals surface area contributed by atoms with Crippen LogP contribution in [0.2, 0.25) is 0 Å². The summed E-state index contributed by atoms with van der Waals surface area (Å²) >= 11 is 0. The predicted octanol–water partition coefficient (Wildman–Crippen LogP) is 11.1. The summed E-state index contributed by atoms with van der Waals surface area (Å²) in [6, 6.07) is 60.9. The van der Waals surface area contributed by atoms with E-state index in [1.54, 1.807) is 0 Å². The largest absolute Gasteiger partial charge is 0.309 e. The summed E-state index contributed by atoms with van der Waals surface area (Å²) < 4.78 is 2.44. The average Bonchev–Trinajstić information content (AvgIpc) is 3.74. The van der Waals surface area contributed by atoms with Crippen LogP contribution in [0.15, 0.2) is 164 Å². The minimum absolute atomic E-state index is 0.216. The molecule has 1 aromatic heterocycles. The van der Waals surface area contributed by atoms with Gasteiger partial charge in [-0.05, 0) is 92.0 Å². The van der Waals surface area contributed by atoms with Crippen LogP contribution in [0.1, 0.15) is 45.2 Å². The van der Waals surface area contributed by atoms with Crippen molar-refractivity contribution in [2.75, 3.05) is 0 Å². The second kappa shape index (κ2) is 9.42. The molecule has 0 aliphatic heterocycles. The SMILES string of the molecule is c1ccc(-n2c3ccc(C4c5ccccc5-c5ccccc54)cc3c3cc(C4c5ccccc5-c5ccccc54)ccc32)cc1. The van der Waals surface area contributed by atoms with Crippen molar-refractivity contribution in [2.24, 2.45) is 0 Å². The molecular formula is C44H29N. The molecule has 0 unspecified atom stereocenters. The minimum Gasteiger partial charge on any atom is -0.309 e. The first-order valence-corrected chi connectivity index (χ1v) is 15.8. The number of hydrogen-bond acceptors (Lipinski definition) is 0. The Kier molecular flexibility index (Phi) is 5.18. The Bertz CT molecular complexity index is 2200. The highest BCUT2D eigenvalue weighted by molar-refractivity contribution is 6.10. The molecule has 0 radical (unpaired) electrons. The van der Waals surface area contributed by atoms with Crippen LogP contribution >= 0.6 is 0 Å². The van der Waals surface area contributed by atoms with Crippen LogP contribution in [0.4, 0.5) is 0 Å². The number of benzene rings is 7. The lowest BCUT2D eigenvalue weighted by Gasteiger charge is -2.15. The van der Waals surface area contributed by atoms with Gasteiger partial charge in [0.05, 0.1) is 11.0 Å². The molecule has 10 rings (SSSR count). The zero-order chi connectivity index (χ0) is 29.5. The first-order valence-electron chi connectivity index (χ1n) is 15.8. The minimum atomic E-state index is 0.216. The molecule has 0 amide bonds. The standard InChI is InChI=1S/C44H29N/c1-2-12-30(13-3-1)45-41-24-22-28(43-35-18-8-4-14-31(35)32-15-5-9-19-36(32)43)26-39(41)40-27-29(23-25-42(40)45)44-37-20-10-6-16-33(37)34-17-7-11-21-38(34)44/h1-27,43-44H. The summed E-state index contributed by atoms with van der Waals surface area (Å²) in [5.41, 5.74) is 17.3. The van der Waals surface area contributed by atoms with Gasteiger partial charge in [0, 0.05) is 28.3 Å². The van der Waals surface area contributed by atoms with Gasteiger partial charge >= 0.3 is 0 Å². The lowest BCUT2D eigenvalue weighted by atomic mass is 9.87. The number of aromatic nitrogens is 1. The van der Waals surface area contributed by atoms with Gasteiger partial charge in [0.2, 0.25) is 0 Å². The molecule has 0 fully saturated rings. The molecule has 7 aromatic carbocycles. The van der Waals surface area contributed by atoms with Gasteiger partial charge in [-0.25, -0.2) is 0 Å². The third kappa shape index (κ3) is 3.50. The molecule has 0 spiro atoms. The normalized spacial score (nSPS) is 13.6. The Hall–Kier alpha value is -5.66. The summed E-state index contributed by atoms with van der Waals surface area (Å²) in [6.45, 7) is 0. The van der Waals surface area contributed by atoms with Gasteiger partial charge in [-0.15, -0.1) is 0 Å². The van der Waals surface area contributed by atoms with Crippen molar-refractivity contribution in [3.63, 3.8) is 0 Å². The summed E-state index contributed by atoms with van der Waals surface area (Å²) in [6.07, 6.45) is 0. The Balaban J connectivity index is 1.23. The summed E-state index contributed by atoms with van der Waals surface area (Å²) in [5, 5.41) is 2.60. The Morgan fingerprint density at radius 2 is 0.689 bits per heavy atom. The predicted molar refractivity (Wildman–Crippen MR) is 186 cm³/mol. The van der Waals surface area contributed by atoms with Gasteiger partial charge in [0.15, 0.2) is 0 Å². The van der Waals surface area contributed by atoms with E-state index in [1.165, 1.54) is 83.1 Å². The second-order valence-corrected chi connectivity index (χ2v) is 12.4. The second-order valence-electron chi connectivity index (χ2n) is 12.4. The van der Waals surface area contributed by atoms with Crippen LogP contribution in [-0.2, 0) is 0 Å². The molecule has 2 aliphatic carbocycles. The van der Waals surface area contributed by atoms with E-state index in [2.05, 4.69) is 168 Å². The Morgan fingerprint density at radius 3 is 1.09 bits per heavy atom. The first kappa shape index (κ1) is 24.7. The Morgan fingerprint density at radius 1 is 0.333 bits per heavy atom. The Labute approximate surface area is 262 Å². The highest BCUT2D eigenvalue weighted by Gasteiger charge is 2.31. The molecule has 8 aromatic rings. The average molecular weight is 572 g/mol. The van der Waals surface area contributed by atoms with Gasteiger partial charge in [-0.1, -0.05) is 127 Å². The highest BCUT2D eigenvalue weighted by atomic mass is 15.0. The lowest BCUT2D eigenvalue weighted by Crippen LogP contribution is -1.99. The topological polar surface area (TPSA) is 4.93 Å². The molecule has 0 saturated heterocycles. The maximum atomic E-state index is 2.47. The summed E-state index contributed by atoms with van der Waals surface area (Å²) in [4.78, 5) is 0. The molecular weight excluding hydrogens is 542 g/mol. The molecule has 45 heavy (non-hydrogen) atoms. The van der Waals surface area contributed by atoms with Crippen molar-refractivity contribution in [3.05, 3.63) is 197 Å². The van der Waals surface area contributed by atoms with Crippen molar-refractivity contribution in [3.8, 4) is 27.9 Å². The van der Waals surface area contributed by atoms with Crippen molar-refractivity contribution < 1.29 is 0 Å². The summed E-state index contributed by atoms with van der Waals surface area (Å²) in [5.74, 6) is 0.433. The van der Waals surface area contributed by atoms with Crippen LogP contribution in [0.3, 0.4) is 0 Å². The van der Waals surface area contributed by atoms with Gasteiger partial charge in [-0.2, -0.15) is 0 Å². The number of para-hydroxylation sites is 1. The van der Waals surface area contributed by atoms with Crippen LogP contribution in [0, 0.1) is 0 Å². The van der Waals surface area contributed by atoms with E-state index in [4.69, 9.17) is 0 Å². The number of fused-ring (bicyclic) bond motifs is 9. The number of hydrogen-bond donors (Lipinski definition) is 0. The van der Waals surface area contributed by atoms with Gasteiger partial charge < -0.3 is 4.57 Å². The van der Waals surface area contributed by atoms with E-state index in [0.29, 0.717) is 0 Å². The third-order valence-corrected chi connectivity index (χ3v) is 10.2. The molecule has 0 N–H and O–H groups in total. The zero-order valence-electron chi connectivity index (χ0n) is 24.7. The van der Waals surface area contributed by atoms with Gasteiger partial charge in [-0.3, -0.25) is 0 Å². The van der Waals surface area contributed by atoms with Crippen LogP contribution in [0.5, 0.6) is 0 Å². The first-order chi connectivity index (χ1) is 22.3. The van der Waals surface area contributed by atoms with Crippen molar-refractivity contribution >= 4 is 21.8 Å². The molecule has 0 saturated carbocycles. The fraction of sp³-hybridized carbons (Fsp3) is 0.0455. The van der Waals surface area contributed by atoms with Gasteiger partial charge in [0.1, 0.15) is 0 Å². The van der Waals surface area contributed by atoms with Gasteiger partial charge in [0.25, 0.3) is 0 Å². The zero-order valence-corrected chi connectivity index (χ0v) is 24.7. The molecule has 210 valence electrons. The van der Waals surface area contributed by atoms with E-state index in [9.17, 15) is 0 Å². The van der Waals surface area contributed by atoms with E-state index >= 15 is 0 Å². The van der Waals surface area contributed by atoms with Crippen LogP contribution in [0.25, 0.3) is 49.7 Å². The number of rotatable bonds is 3. The third-order valence-electron chi connectivity index (χ3n) is 10.2. The maximum absolute atomic E-state index is 2.47. The number of nitrogens with zero attached hydrogens (tertiary/aromatic N) is 1. The lowest BCUT2D eigenvalue weighted by molar-refractivity contribution is 1.02. The highest BCUT2D eigenvalue weighted by Crippen LogP contribution is 2.50. The molecule has 1 nitrogen and oxygen atoms in total. The molecule has 1 heterocycles. The van der Waals surface area contributed by atoms with Crippen LogP contribution in [-0.4, -0.2) is 4.57 Å². The van der Waals surface area contributed by atoms with E-state index < -0.39 is 0 Å². The van der Waals surface area contributed by atoms with E-state index in [1.807, 2.05) is 0 Å². The van der Waals surface area contributed by atoms with E-state index in [-0.39, 0.29) is 11.8 Å². The van der Waals surface area contributed by atoms with Crippen molar-refractivity contribution in [1.82, 2.24) is 4.57 Å².